The minimum atomic E-state index is 0. The average molecular weight is 682 g/mol. The zero-order chi connectivity index (χ0) is 32.6. The Morgan fingerprint density at radius 2 is 1.16 bits per heavy atom. The summed E-state index contributed by atoms with van der Waals surface area (Å²) in [7, 11) is 6.50. The fourth-order valence-corrected chi connectivity index (χ4v) is 3.90. The second kappa shape index (κ2) is 26.2. The Labute approximate surface area is 284 Å². The van der Waals surface area contributed by atoms with Crippen LogP contribution in [-0.2, 0) is 51.1 Å². The van der Waals surface area contributed by atoms with Crippen LogP contribution in [0, 0.1) is 0 Å². The third-order valence-corrected chi connectivity index (χ3v) is 6.05. The smallest absolute Gasteiger partial charge is 0.144 e. The van der Waals surface area contributed by atoms with E-state index in [1.54, 1.807) is 14.1 Å². The molecule has 10 nitrogen and oxygen atoms in total. The van der Waals surface area contributed by atoms with Gasteiger partial charge in [0.25, 0.3) is 0 Å². The quantitative estimate of drug-likeness (QED) is 0.113. The number of hydrogen-bond acceptors (Lipinski definition) is 11. The predicted molar refractivity (Wildman–Crippen MR) is 187 cm³/mol. The van der Waals surface area contributed by atoms with E-state index in [0.717, 1.165) is 38.7 Å². The van der Waals surface area contributed by atoms with Gasteiger partial charge in [-0.15, -0.1) is 11.8 Å². The van der Waals surface area contributed by atoms with Crippen molar-refractivity contribution in [2.24, 2.45) is 25.6 Å². The summed E-state index contributed by atoms with van der Waals surface area (Å²) in [6.45, 7) is 12.2. The molecular formula is C31H46N6O4S2V. The summed E-state index contributed by atoms with van der Waals surface area (Å²) in [5, 5.41) is 19.7. The minimum absolute atomic E-state index is 0. The van der Waals surface area contributed by atoms with Gasteiger partial charge in [0, 0.05) is 54.9 Å². The predicted octanol–water partition coefficient (Wildman–Crippen LogP) is 6.86. The number of thioether (sulfide) groups is 1. The van der Waals surface area contributed by atoms with E-state index in [-0.39, 0.29) is 18.6 Å². The molecule has 0 heterocycles. The molecule has 44 heavy (non-hydrogen) atoms. The van der Waals surface area contributed by atoms with E-state index in [1.807, 2.05) is 96.3 Å². The molecule has 1 radical (unpaired) electrons. The molecule has 2 aromatic carbocycles. The van der Waals surface area contributed by atoms with Crippen LogP contribution < -0.4 is 5.32 Å². The number of thiocarbonyl (C=S) groups is 1. The number of oxime groups is 4. The monoisotopic (exact) mass is 681 g/mol. The molecule has 0 aliphatic carbocycles. The van der Waals surface area contributed by atoms with Gasteiger partial charge < -0.3 is 24.7 Å². The number of nitrogens with one attached hydrogen (secondary N) is 1. The average Bonchev–Trinajstić information content (AvgIpc) is 3.01. The van der Waals surface area contributed by atoms with Crippen molar-refractivity contribution in [3.63, 3.8) is 0 Å². The van der Waals surface area contributed by atoms with Crippen molar-refractivity contribution in [1.29, 1.82) is 0 Å². The fraction of sp³-hybridized carbons (Fsp3) is 0.419. The summed E-state index contributed by atoms with van der Waals surface area (Å²) < 4.78 is 0. The molecule has 0 fully saturated rings. The van der Waals surface area contributed by atoms with E-state index in [0.29, 0.717) is 29.6 Å². The van der Waals surface area contributed by atoms with Crippen molar-refractivity contribution in [2.45, 2.75) is 54.8 Å². The van der Waals surface area contributed by atoms with Crippen LogP contribution in [0.4, 0.5) is 0 Å². The number of aliphatic imine (C=N–C) groups is 1. The maximum Gasteiger partial charge on any atom is 0.144 e. The van der Waals surface area contributed by atoms with Crippen molar-refractivity contribution >= 4 is 56.9 Å². The molecule has 0 unspecified atom stereocenters. The van der Waals surface area contributed by atoms with E-state index in [4.69, 9.17) is 31.6 Å². The van der Waals surface area contributed by atoms with E-state index >= 15 is 0 Å². The minimum Gasteiger partial charge on any atom is -0.399 e. The molecule has 0 saturated carbocycles. The number of nitrogens with zero attached hydrogens (tertiary/aromatic N) is 5. The van der Waals surface area contributed by atoms with E-state index in [1.165, 1.54) is 26.0 Å². The van der Waals surface area contributed by atoms with Gasteiger partial charge in [-0.1, -0.05) is 95.2 Å². The van der Waals surface area contributed by atoms with Crippen LogP contribution in [0.3, 0.4) is 0 Å². The van der Waals surface area contributed by atoms with Crippen LogP contribution in [-0.4, -0.2) is 67.4 Å². The molecule has 1 N–H and O–H groups in total. The Kier molecular flexibility index (Phi) is 25.6. The van der Waals surface area contributed by atoms with E-state index < -0.39 is 0 Å². The van der Waals surface area contributed by atoms with Crippen LogP contribution >= 0.6 is 24.0 Å². The van der Waals surface area contributed by atoms with Crippen LogP contribution in [0.1, 0.15) is 63.8 Å². The molecule has 0 aromatic heterocycles. The first kappa shape index (κ1) is 42.9. The second-order valence-corrected chi connectivity index (χ2v) is 9.70. The zero-order valence-electron chi connectivity index (χ0n) is 27.7. The molecule has 0 aliphatic heterocycles. The molecule has 13 heteroatoms. The third kappa shape index (κ3) is 16.0. The van der Waals surface area contributed by atoms with Crippen molar-refractivity contribution in [3.05, 3.63) is 70.8 Å². The number of rotatable bonds is 12. The summed E-state index contributed by atoms with van der Waals surface area (Å²) in [5.74, 6) is 0. The van der Waals surface area contributed by atoms with Gasteiger partial charge in [0.1, 0.15) is 48.9 Å². The molecule has 2 rings (SSSR count). The summed E-state index contributed by atoms with van der Waals surface area (Å²) >= 11 is 6.77. The van der Waals surface area contributed by atoms with Gasteiger partial charge in [-0.25, -0.2) is 0 Å². The van der Waals surface area contributed by atoms with E-state index in [9.17, 15) is 0 Å². The number of likely N-dealkylation sites (N-methyl/N-ethyl adjacent to an activating group) is 1. The Morgan fingerprint density at radius 3 is 1.52 bits per heavy atom. The van der Waals surface area contributed by atoms with E-state index in [2.05, 4.69) is 30.9 Å². The molecule has 0 bridgehead atoms. The van der Waals surface area contributed by atoms with Gasteiger partial charge >= 0.3 is 0 Å². The van der Waals surface area contributed by atoms with Gasteiger partial charge in [0.2, 0.25) is 0 Å². The van der Waals surface area contributed by atoms with Gasteiger partial charge in [-0.05, 0) is 34.0 Å². The Bertz CT molecular complexity index is 1280. The molecule has 0 amide bonds. The summed E-state index contributed by atoms with van der Waals surface area (Å²) in [5.41, 5.74) is 6.71. The molecule has 0 saturated heterocycles. The second-order valence-electron chi connectivity index (χ2n) is 8.50. The normalized spacial score (nSPS) is 10.8. The summed E-state index contributed by atoms with van der Waals surface area (Å²) in [6, 6.07) is 15.6. The summed E-state index contributed by atoms with van der Waals surface area (Å²) in [6.07, 6.45) is 1.96. The Morgan fingerprint density at radius 1 is 0.750 bits per heavy atom. The summed E-state index contributed by atoms with van der Waals surface area (Å²) in [4.78, 5) is 25.2. The molecule has 0 spiro atoms. The molecule has 241 valence electrons. The van der Waals surface area contributed by atoms with Crippen LogP contribution in [0.25, 0.3) is 0 Å². The van der Waals surface area contributed by atoms with Crippen molar-refractivity contribution in [3.8, 4) is 0 Å². The molecular weight excluding hydrogens is 635 g/mol. The molecule has 2 aromatic rings. The third-order valence-electron chi connectivity index (χ3n) is 4.89. The van der Waals surface area contributed by atoms with Gasteiger partial charge in [0.15, 0.2) is 0 Å². The fourth-order valence-electron chi connectivity index (χ4n) is 3.23. The van der Waals surface area contributed by atoms with Crippen molar-refractivity contribution < 1.29 is 37.9 Å². The Balaban J connectivity index is 0. The van der Waals surface area contributed by atoms with Crippen LogP contribution in [0.2, 0.25) is 0 Å². The van der Waals surface area contributed by atoms with Gasteiger partial charge in [-0.3, -0.25) is 4.99 Å². The van der Waals surface area contributed by atoms with Gasteiger partial charge in [-0.2, -0.15) is 0 Å². The molecule has 0 atom stereocenters. The Hall–Kier alpha value is -3.19. The van der Waals surface area contributed by atoms with Crippen LogP contribution in [0.5, 0.6) is 0 Å². The first-order valence-corrected chi connectivity index (χ1v) is 15.3. The van der Waals surface area contributed by atoms with Crippen molar-refractivity contribution in [1.82, 2.24) is 5.32 Å². The number of hydrogen-bond donors (Lipinski definition) is 1. The molecule has 0 aliphatic rings. The maximum atomic E-state index is 5.34. The van der Waals surface area contributed by atoms with Crippen LogP contribution in [0.15, 0.2) is 74.1 Å². The van der Waals surface area contributed by atoms with Gasteiger partial charge in [0.05, 0.1) is 11.4 Å². The maximum absolute atomic E-state index is 5.34. The number of benzene rings is 2. The first-order valence-electron chi connectivity index (χ1n) is 13.6. The zero-order valence-corrected chi connectivity index (χ0v) is 30.7. The standard InChI is InChI=1S/C15H21N3O2S.C14H19N3O2S.C2H6.V/c1-11(2)17-20-10-12-8-6-7-9-13(12)14(18-19-4)15(16-3)21-5;1-10(2)16-19-9-11-7-5-6-8-12(11)13(17-18-4)14(20)15-3;1-2;/h6-9H,10H2,1-5H3;5-8H,9H2,1-4H3,(H,15,20);1-2H3;/b16-15?,18-14+;17-13+;;. The van der Waals surface area contributed by atoms with Crippen molar-refractivity contribution in [2.75, 3.05) is 34.6 Å². The first-order chi connectivity index (χ1) is 20.7. The largest absolute Gasteiger partial charge is 0.399 e. The SMILES string of the molecule is CC.CN=C(SC)/C(=N/OC)c1ccccc1CON=C(C)C.CNC(=S)/C(=N/OC)c1ccccc1CON=C(C)C.[V]. The topological polar surface area (TPSA) is 111 Å².